The van der Waals surface area contributed by atoms with Crippen LogP contribution in [0.2, 0.25) is 0 Å². The molecule has 0 spiro atoms. The van der Waals surface area contributed by atoms with E-state index >= 15 is 0 Å². The lowest BCUT2D eigenvalue weighted by atomic mass is 10.0. The van der Waals surface area contributed by atoms with Gasteiger partial charge in [0.1, 0.15) is 11.6 Å². The molecule has 1 fully saturated rings. The third-order valence-electron chi connectivity index (χ3n) is 6.13. The summed E-state index contributed by atoms with van der Waals surface area (Å²) in [5, 5.41) is 11.4. The van der Waals surface area contributed by atoms with Crippen molar-refractivity contribution in [3.05, 3.63) is 69.3 Å². The predicted octanol–water partition coefficient (Wildman–Crippen LogP) is 3.83. The van der Waals surface area contributed by atoms with Crippen molar-refractivity contribution in [2.24, 2.45) is 0 Å². The fourth-order valence-corrected chi connectivity index (χ4v) is 6.12. The summed E-state index contributed by atoms with van der Waals surface area (Å²) in [4.78, 5) is 25.1. The number of nitro groups is 1. The number of carbonyl (C=O) groups excluding carboxylic acids is 1. The average molecular weight is 540 g/mol. The van der Waals surface area contributed by atoms with Crippen LogP contribution in [0.5, 0.6) is 0 Å². The summed E-state index contributed by atoms with van der Waals surface area (Å²) in [5.74, 6) is -2.68. The summed E-state index contributed by atoms with van der Waals surface area (Å²) < 4.78 is 62.3. The zero-order valence-corrected chi connectivity index (χ0v) is 22.2. The van der Waals surface area contributed by atoms with Crippen molar-refractivity contribution >= 4 is 21.7 Å². The second kappa shape index (κ2) is 10.8. The van der Waals surface area contributed by atoms with Crippen molar-refractivity contribution in [1.29, 1.82) is 0 Å². The molecule has 0 aromatic heterocycles. The lowest BCUT2D eigenvalue weighted by molar-refractivity contribution is -0.387. The van der Waals surface area contributed by atoms with Gasteiger partial charge in [-0.25, -0.2) is 17.2 Å². The van der Waals surface area contributed by atoms with E-state index in [9.17, 15) is 32.1 Å². The molecule has 1 aliphatic heterocycles. The molecule has 202 valence electrons. The number of nitrogens with zero attached hydrogens (tertiary/aromatic N) is 3. The quantitative estimate of drug-likeness (QED) is 0.299. The molecule has 0 N–H and O–H groups in total. The Morgan fingerprint density at radius 1 is 1.16 bits per heavy atom. The first-order valence-corrected chi connectivity index (χ1v) is 13.2. The molecule has 37 heavy (non-hydrogen) atoms. The lowest BCUT2D eigenvalue weighted by Crippen LogP contribution is -2.59. The van der Waals surface area contributed by atoms with Crippen LogP contribution in [0.15, 0.2) is 41.3 Å². The number of esters is 1. The third-order valence-corrected chi connectivity index (χ3v) is 8.20. The van der Waals surface area contributed by atoms with Crippen molar-refractivity contribution < 1.29 is 31.7 Å². The second-order valence-electron chi connectivity index (χ2n) is 10.1. The molecule has 0 bridgehead atoms. The van der Waals surface area contributed by atoms with Crippen LogP contribution in [0.25, 0.3) is 0 Å². The summed E-state index contributed by atoms with van der Waals surface area (Å²) >= 11 is 0. The Balaban J connectivity index is 1.90. The first-order chi connectivity index (χ1) is 17.1. The number of rotatable bonds is 7. The van der Waals surface area contributed by atoms with Crippen LogP contribution < -0.4 is 0 Å². The highest BCUT2D eigenvalue weighted by atomic mass is 32.2. The molecule has 1 aliphatic rings. The molecule has 1 saturated heterocycles. The van der Waals surface area contributed by atoms with Gasteiger partial charge in [0, 0.05) is 38.2 Å². The van der Waals surface area contributed by atoms with E-state index in [1.807, 2.05) is 0 Å². The number of hydrogen-bond donors (Lipinski definition) is 0. The van der Waals surface area contributed by atoms with Gasteiger partial charge in [0.05, 0.1) is 4.92 Å². The summed E-state index contributed by atoms with van der Waals surface area (Å²) in [6.07, 6.45) is -0.179. The Morgan fingerprint density at radius 2 is 1.81 bits per heavy atom. The maximum absolute atomic E-state index is 14.7. The molecule has 3 rings (SSSR count). The highest BCUT2D eigenvalue weighted by Gasteiger charge is 2.41. The molecule has 2 aromatic carbocycles. The van der Waals surface area contributed by atoms with Gasteiger partial charge >= 0.3 is 5.97 Å². The number of para-hydroxylation sites is 1. The van der Waals surface area contributed by atoms with Gasteiger partial charge in [-0.15, -0.1) is 0 Å². The standard InChI is InChI=1S/C25H31F2N3O6S/c1-16-10-11-18(23(27)22(16)26)14-20(24(31)36-25(3,4)5)28-12-13-29(17(2)15-28)37(34,35)21-9-7-6-8-19(21)30(32)33/h6-11,17,20H,12-15H2,1-5H3/t17-,20-/m0/s1. The minimum absolute atomic E-state index is 0.00146. The van der Waals surface area contributed by atoms with Gasteiger partial charge in [0.25, 0.3) is 5.69 Å². The molecule has 2 atom stereocenters. The molecule has 0 radical (unpaired) electrons. The number of benzene rings is 2. The number of hydrogen-bond acceptors (Lipinski definition) is 7. The number of piperazine rings is 1. The monoisotopic (exact) mass is 539 g/mol. The third kappa shape index (κ3) is 6.31. The maximum Gasteiger partial charge on any atom is 0.324 e. The van der Waals surface area contributed by atoms with Gasteiger partial charge in [0.2, 0.25) is 10.0 Å². The predicted molar refractivity (Wildman–Crippen MR) is 132 cm³/mol. The van der Waals surface area contributed by atoms with E-state index in [1.54, 1.807) is 32.6 Å². The van der Waals surface area contributed by atoms with Crippen molar-refractivity contribution in [3.63, 3.8) is 0 Å². The van der Waals surface area contributed by atoms with Gasteiger partial charge in [0.15, 0.2) is 16.5 Å². The molecule has 12 heteroatoms. The van der Waals surface area contributed by atoms with Crippen molar-refractivity contribution in [2.75, 3.05) is 19.6 Å². The number of carbonyl (C=O) groups is 1. The van der Waals surface area contributed by atoms with Crippen LogP contribution in [0, 0.1) is 28.7 Å². The zero-order valence-electron chi connectivity index (χ0n) is 21.4. The van der Waals surface area contributed by atoms with Gasteiger partial charge in [-0.05, 0) is 51.8 Å². The zero-order chi connectivity index (χ0) is 27.7. The molecule has 0 amide bonds. The molecule has 1 heterocycles. The molecule has 9 nitrogen and oxygen atoms in total. The highest BCUT2D eigenvalue weighted by Crippen LogP contribution is 2.30. The van der Waals surface area contributed by atoms with E-state index in [2.05, 4.69) is 0 Å². The Kier molecular flexibility index (Phi) is 8.35. The maximum atomic E-state index is 14.7. The summed E-state index contributed by atoms with van der Waals surface area (Å²) in [6.45, 7) is 8.20. The van der Waals surface area contributed by atoms with Gasteiger partial charge in [-0.3, -0.25) is 19.8 Å². The van der Waals surface area contributed by atoms with Crippen LogP contribution in [0.4, 0.5) is 14.5 Å². The van der Waals surface area contributed by atoms with E-state index in [-0.39, 0.29) is 37.2 Å². The first-order valence-electron chi connectivity index (χ1n) is 11.8. The number of aryl methyl sites for hydroxylation is 1. The van der Waals surface area contributed by atoms with E-state index in [1.165, 1.54) is 37.3 Å². The fraction of sp³-hybridized carbons (Fsp3) is 0.480. The Morgan fingerprint density at radius 3 is 2.41 bits per heavy atom. The number of nitro benzene ring substituents is 1. The minimum atomic E-state index is -4.22. The van der Waals surface area contributed by atoms with Crippen LogP contribution >= 0.6 is 0 Å². The molecular formula is C25H31F2N3O6S. The molecule has 0 aliphatic carbocycles. The number of sulfonamides is 1. The van der Waals surface area contributed by atoms with Crippen molar-refractivity contribution in [2.45, 2.75) is 63.6 Å². The normalized spacial score (nSPS) is 18.4. The second-order valence-corrected chi connectivity index (χ2v) is 12.0. The number of ether oxygens (including phenoxy) is 1. The SMILES string of the molecule is Cc1ccc(C[C@@H](C(=O)OC(C)(C)C)N2CCN(S(=O)(=O)c3ccccc3[N+](=O)[O-])[C@@H](C)C2)c(F)c1F. The topological polar surface area (TPSA) is 110 Å². The smallest absolute Gasteiger partial charge is 0.324 e. The Hall–Kier alpha value is -2.96. The molecule has 2 aromatic rings. The Bertz CT molecular complexity index is 1300. The molecule has 0 saturated carbocycles. The van der Waals surface area contributed by atoms with Gasteiger partial charge in [-0.2, -0.15) is 4.31 Å². The summed E-state index contributed by atoms with van der Waals surface area (Å²) in [7, 11) is -4.22. The molecular weight excluding hydrogens is 508 g/mol. The summed E-state index contributed by atoms with van der Waals surface area (Å²) in [6, 6.07) is 6.28. The van der Waals surface area contributed by atoms with E-state index in [0.29, 0.717) is 0 Å². The van der Waals surface area contributed by atoms with Crippen LogP contribution in [-0.4, -0.2) is 65.8 Å². The van der Waals surface area contributed by atoms with Crippen LogP contribution in [0.1, 0.15) is 38.8 Å². The van der Waals surface area contributed by atoms with E-state index in [0.717, 1.165) is 10.4 Å². The summed E-state index contributed by atoms with van der Waals surface area (Å²) in [5.41, 5.74) is -1.23. The first kappa shape index (κ1) is 28.6. The average Bonchev–Trinajstić information content (AvgIpc) is 2.80. The van der Waals surface area contributed by atoms with Gasteiger partial charge in [-0.1, -0.05) is 24.3 Å². The number of halogens is 2. The van der Waals surface area contributed by atoms with Crippen LogP contribution in [-0.2, 0) is 26.0 Å². The largest absolute Gasteiger partial charge is 0.459 e. The minimum Gasteiger partial charge on any atom is -0.459 e. The molecule has 0 unspecified atom stereocenters. The van der Waals surface area contributed by atoms with Gasteiger partial charge < -0.3 is 4.74 Å². The van der Waals surface area contributed by atoms with Crippen LogP contribution in [0.3, 0.4) is 0 Å². The Labute approximate surface area is 215 Å². The van der Waals surface area contributed by atoms with E-state index in [4.69, 9.17) is 4.74 Å². The van der Waals surface area contributed by atoms with E-state index < -0.39 is 60.8 Å². The van der Waals surface area contributed by atoms with Crippen molar-refractivity contribution in [3.8, 4) is 0 Å². The lowest BCUT2D eigenvalue weighted by Gasteiger charge is -2.42. The van der Waals surface area contributed by atoms with Crippen molar-refractivity contribution in [1.82, 2.24) is 9.21 Å². The fourth-order valence-electron chi connectivity index (χ4n) is 4.34. The highest BCUT2D eigenvalue weighted by molar-refractivity contribution is 7.89.